The van der Waals surface area contributed by atoms with Crippen molar-refractivity contribution in [2.24, 2.45) is 0 Å². The van der Waals surface area contributed by atoms with Crippen LogP contribution < -0.4 is 15.0 Å². The first-order valence-corrected chi connectivity index (χ1v) is 10.1. The summed E-state index contributed by atoms with van der Waals surface area (Å²) in [5.74, 6) is -0.589. The number of alkyl halides is 3. The Bertz CT molecular complexity index is 1110. The van der Waals surface area contributed by atoms with Crippen molar-refractivity contribution in [1.82, 2.24) is 5.32 Å². The number of anilines is 1. The molecule has 1 aliphatic rings. The Labute approximate surface area is 183 Å². The van der Waals surface area contributed by atoms with E-state index in [1.165, 1.54) is 18.2 Å². The number of nitrogens with zero attached hydrogens (tertiary/aromatic N) is 1. The molecule has 0 radical (unpaired) electrons. The maximum atomic E-state index is 13.4. The van der Waals surface area contributed by atoms with Crippen LogP contribution in [0.25, 0.3) is 0 Å². The van der Waals surface area contributed by atoms with Crippen LogP contribution in [-0.2, 0) is 4.79 Å². The first-order chi connectivity index (χ1) is 15.3. The molecule has 1 aliphatic heterocycles. The molecule has 4 nitrogen and oxygen atoms in total. The standard InChI is InChI=1S/C25H21F3N2O2/c1-17(18-9-4-2-5-10-18)29-22-16-23(30(24(22)31)20-12-6-3-7-13-20)19-11-8-14-21(15-19)32-25(26,27)28/h2-17,23,29H,1H3/t17-,23+/m1/s1. The minimum absolute atomic E-state index is 0.136. The summed E-state index contributed by atoms with van der Waals surface area (Å²) >= 11 is 0. The van der Waals surface area contributed by atoms with Gasteiger partial charge in [-0.25, -0.2) is 0 Å². The van der Waals surface area contributed by atoms with Gasteiger partial charge < -0.3 is 10.1 Å². The maximum absolute atomic E-state index is 13.4. The first kappa shape index (κ1) is 21.5. The second-order valence-corrected chi connectivity index (χ2v) is 7.43. The third kappa shape index (κ3) is 4.77. The molecule has 0 saturated heterocycles. The molecular formula is C25H21F3N2O2. The zero-order valence-electron chi connectivity index (χ0n) is 17.2. The fourth-order valence-electron chi connectivity index (χ4n) is 3.74. The second-order valence-electron chi connectivity index (χ2n) is 7.43. The van der Waals surface area contributed by atoms with E-state index >= 15 is 0 Å². The second kappa shape index (κ2) is 8.78. The normalized spacial score (nSPS) is 17.1. The number of rotatable bonds is 6. The quantitative estimate of drug-likeness (QED) is 0.520. The fourth-order valence-corrected chi connectivity index (χ4v) is 3.74. The van der Waals surface area contributed by atoms with Crippen LogP contribution in [0.1, 0.15) is 30.1 Å². The van der Waals surface area contributed by atoms with Gasteiger partial charge in [0, 0.05) is 11.7 Å². The summed E-state index contributed by atoms with van der Waals surface area (Å²) in [7, 11) is 0. The summed E-state index contributed by atoms with van der Waals surface area (Å²) in [6.45, 7) is 1.95. The number of amides is 1. The van der Waals surface area contributed by atoms with Crippen molar-refractivity contribution in [3.8, 4) is 5.75 Å². The van der Waals surface area contributed by atoms with E-state index in [2.05, 4.69) is 10.1 Å². The maximum Gasteiger partial charge on any atom is 0.573 e. The third-order valence-corrected chi connectivity index (χ3v) is 5.19. The average Bonchev–Trinajstić information content (AvgIpc) is 3.10. The summed E-state index contributed by atoms with van der Waals surface area (Å²) in [4.78, 5) is 14.9. The summed E-state index contributed by atoms with van der Waals surface area (Å²) in [5, 5.41) is 3.26. The highest BCUT2D eigenvalue weighted by atomic mass is 19.4. The Morgan fingerprint density at radius 1 is 0.938 bits per heavy atom. The number of ether oxygens (including phenoxy) is 1. The average molecular weight is 438 g/mol. The minimum Gasteiger partial charge on any atom is -0.406 e. The summed E-state index contributed by atoms with van der Waals surface area (Å²) in [6, 6.07) is 23.7. The highest BCUT2D eigenvalue weighted by Crippen LogP contribution is 2.37. The van der Waals surface area contributed by atoms with Gasteiger partial charge in [-0.15, -0.1) is 13.2 Å². The molecule has 0 aromatic heterocycles. The van der Waals surface area contributed by atoms with Crippen molar-refractivity contribution in [3.63, 3.8) is 0 Å². The summed E-state index contributed by atoms with van der Waals surface area (Å²) in [5.41, 5.74) is 2.55. The van der Waals surface area contributed by atoms with Gasteiger partial charge in [0.15, 0.2) is 0 Å². The summed E-state index contributed by atoms with van der Waals surface area (Å²) in [6.07, 6.45) is -3.06. The molecule has 7 heteroatoms. The van der Waals surface area contributed by atoms with Gasteiger partial charge in [0.25, 0.3) is 5.91 Å². The monoisotopic (exact) mass is 438 g/mol. The molecule has 3 aromatic carbocycles. The highest BCUT2D eigenvalue weighted by molar-refractivity contribution is 6.08. The molecule has 1 amide bonds. The molecule has 0 spiro atoms. The molecule has 2 atom stereocenters. The largest absolute Gasteiger partial charge is 0.573 e. The first-order valence-electron chi connectivity index (χ1n) is 10.1. The molecule has 3 aromatic rings. The Morgan fingerprint density at radius 3 is 2.25 bits per heavy atom. The molecule has 32 heavy (non-hydrogen) atoms. The number of nitrogens with one attached hydrogen (secondary N) is 1. The Morgan fingerprint density at radius 2 is 1.59 bits per heavy atom. The SMILES string of the molecule is C[C@@H](NC1=C[C@@H](c2cccc(OC(F)(F)F)c2)N(c2ccccc2)C1=O)c1ccccc1. The van der Waals surface area contributed by atoms with E-state index in [1.807, 2.05) is 43.3 Å². The van der Waals surface area contributed by atoms with Crippen molar-refractivity contribution >= 4 is 11.6 Å². The van der Waals surface area contributed by atoms with Gasteiger partial charge in [-0.05, 0) is 48.4 Å². The van der Waals surface area contributed by atoms with Crippen molar-refractivity contribution < 1.29 is 22.7 Å². The van der Waals surface area contributed by atoms with Gasteiger partial charge in [-0.1, -0.05) is 60.7 Å². The molecule has 0 fully saturated rings. The molecule has 1 heterocycles. The highest BCUT2D eigenvalue weighted by Gasteiger charge is 2.36. The smallest absolute Gasteiger partial charge is 0.406 e. The van der Waals surface area contributed by atoms with Crippen LogP contribution in [0.2, 0.25) is 0 Å². The van der Waals surface area contributed by atoms with Crippen LogP contribution in [0.3, 0.4) is 0 Å². The number of hydrogen-bond acceptors (Lipinski definition) is 3. The van der Waals surface area contributed by atoms with Gasteiger partial charge in [0.05, 0.1) is 11.7 Å². The van der Waals surface area contributed by atoms with Crippen molar-refractivity contribution in [3.05, 3.63) is 108 Å². The van der Waals surface area contributed by atoms with Crippen molar-refractivity contribution in [2.45, 2.75) is 25.4 Å². The van der Waals surface area contributed by atoms with E-state index in [-0.39, 0.29) is 17.7 Å². The topological polar surface area (TPSA) is 41.6 Å². The van der Waals surface area contributed by atoms with E-state index in [0.717, 1.165) is 5.56 Å². The van der Waals surface area contributed by atoms with Crippen LogP contribution in [0, 0.1) is 0 Å². The van der Waals surface area contributed by atoms with Gasteiger partial charge in [0.1, 0.15) is 5.75 Å². The van der Waals surface area contributed by atoms with Crippen LogP contribution in [-0.4, -0.2) is 12.3 Å². The fraction of sp³-hybridized carbons (Fsp3) is 0.160. The Hall–Kier alpha value is -3.74. The van der Waals surface area contributed by atoms with Crippen molar-refractivity contribution in [2.75, 3.05) is 4.90 Å². The van der Waals surface area contributed by atoms with Crippen molar-refractivity contribution in [1.29, 1.82) is 0 Å². The Balaban J connectivity index is 1.69. The predicted octanol–water partition coefficient (Wildman–Crippen LogP) is 5.91. The van der Waals surface area contributed by atoms with Gasteiger partial charge in [0.2, 0.25) is 0 Å². The van der Waals surface area contributed by atoms with E-state index < -0.39 is 12.4 Å². The van der Waals surface area contributed by atoms with Gasteiger partial charge >= 0.3 is 6.36 Å². The molecule has 0 saturated carbocycles. The Kier molecular flexibility index (Phi) is 5.90. The van der Waals surface area contributed by atoms with E-state index in [1.54, 1.807) is 41.3 Å². The minimum atomic E-state index is -4.79. The van der Waals surface area contributed by atoms with Gasteiger partial charge in [-0.3, -0.25) is 9.69 Å². The number of benzene rings is 3. The van der Waals surface area contributed by atoms with E-state index in [9.17, 15) is 18.0 Å². The van der Waals surface area contributed by atoms with Crippen LogP contribution in [0.5, 0.6) is 5.75 Å². The van der Waals surface area contributed by atoms with Crippen LogP contribution >= 0.6 is 0 Å². The molecule has 0 aliphatic carbocycles. The lowest BCUT2D eigenvalue weighted by atomic mass is 10.1. The number of hydrogen-bond donors (Lipinski definition) is 1. The molecule has 4 rings (SSSR count). The third-order valence-electron chi connectivity index (χ3n) is 5.19. The van der Waals surface area contributed by atoms with E-state index in [4.69, 9.17) is 0 Å². The summed E-state index contributed by atoms with van der Waals surface area (Å²) < 4.78 is 42.2. The molecular weight excluding hydrogens is 417 g/mol. The lowest BCUT2D eigenvalue weighted by molar-refractivity contribution is -0.274. The van der Waals surface area contributed by atoms with E-state index in [0.29, 0.717) is 16.9 Å². The lowest BCUT2D eigenvalue weighted by Crippen LogP contribution is -2.33. The molecule has 1 N–H and O–H groups in total. The number of carbonyl (C=O) groups excluding carboxylic acids is 1. The molecule has 164 valence electrons. The van der Waals surface area contributed by atoms with Gasteiger partial charge in [-0.2, -0.15) is 0 Å². The number of para-hydroxylation sites is 1. The van der Waals surface area contributed by atoms with Crippen LogP contribution in [0.15, 0.2) is 96.7 Å². The zero-order chi connectivity index (χ0) is 22.7. The number of carbonyl (C=O) groups is 1. The molecule has 0 unspecified atom stereocenters. The predicted molar refractivity (Wildman–Crippen MR) is 116 cm³/mol. The zero-order valence-corrected chi connectivity index (χ0v) is 17.2. The number of halogens is 3. The lowest BCUT2D eigenvalue weighted by Gasteiger charge is -2.26. The molecule has 0 bridgehead atoms. The van der Waals surface area contributed by atoms with Crippen LogP contribution in [0.4, 0.5) is 18.9 Å².